The quantitative estimate of drug-likeness (QED) is 0.515. The molecule has 0 atom stereocenters. The van der Waals surface area contributed by atoms with Crippen LogP contribution < -0.4 is 11.1 Å². The molecule has 2 aromatic rings. The molecule has 2 rings (SSSR count). The molecule has 0 spiro atoms. The van der Waals surface area contributed by atoms with Crippen LogP contribution in [0.15, 0.2) is 42.5 Å². The van der Waals surface area contributed by atoms with Crippen molar-refractivity contribution < 1.29 is 9.72 Å². The second-order valence-corrected chi connectivity index (χ2v) is 4.78. The van der Waals surface area contributed by atoms with E-state index < -0.39 is 4.92 Å². The van der Waals surface area contributed by atoms with Gasteiger partial charge in [0, 0.05) is 29.4 Å². The van der Waals surface area contributed by atoms with Crippen LogP contribution in [0.25, 0.3) is 0 Å². The zero-order valence-electron chi connectivity index (χ0n) is 10.9. The number of benzene rings is 2. The summed E-state index contributed by atoms with van der Waals surface area (Å²) in [6.45, 7) is 0.169. The van der Waals surface area contributed by atoms with Crippen LogP contribution in [0.5, 0.6) is 0 Å². The van der Waals surface area contributed by atoms with Crippen LogP contribution in [-0.2, 0) is 6.54 Å². The molecule has 0 bridgehead atoms. The number of nitrogens with two attached hydrogens (primary N) is 1. The molecule has 6 nitrogen and oxygen atoms in total. The van der Waals surface area contributed by atoms with Gasteiger partial charge in [-0.25, -0.2) is 0 Å². The number of nitro groups is 1. The number of halogens is 1. The topological polar surface area (TPSA) is 98.3 Å². The predicted molar refractivity (Wildman–Crippen MR) is 80.1 cm³/mol. The van der Waals surface area contributed by atoms with Crippen LogP contribution in [0.2, 0.25) is 5.02 Å². The van der Waals surface area contributed by atoms with Gasteiger partial charge in [-0.1, -0.05) is 23.7 Å². The monoisotopic (exact) mass is 305 g/mol. The highest BCUT2D eigenvalue weighted by Crippen LogP contribution is 2.18. The number of carbonyl (C=O) groups excluding carboxylic acids is 1. The summed E-state index contributed by atoms with van der Waals surface area (Å²) in [5.74, 6) is -0.365. The summed E-state index contributed by atoms with van der Waals surface area (Å²) in [4.78, 5) is 22.2. The van der Waals surface area contributed by atoms with E-state index in [0.717, 1.165) is 0 Å². The van der Waals surface area contributed by atoms with Gasteiger partial charge in [-0.15, -0.1) is 0 Å². The van der Waals surface area contributed by atoms with Gasteiger partial charge in [0.2, 0.25) is 0 Å². The highest BCUT2D eigenvalue weighted by Gasteiger charge is 2.11. The molecule has 0 aliphatic heterocycles. The fourth-order valence-electron chi connectivity index (χ4n) is 1.80. The Hall–Kier alpha value is -2.60. The maximum Gasteiger partial charge on any atom is 0.269 e. The van der Waals surface area contributed by atoms with Gasteiger partial charge < -0.3 is 11.1 Å². The number of anilines is 1. The summed E-state index contributed by atoms with van der Waals surface area (Å²) in [6.07, 6.45) is 0. The number of non-ortho nitro benzene ring substituents is 1. The first-order valence-corrected chi connectivity index (χ1v) is 6.42. The average molecular weight is 306 g/mol. The first-order valence-electron chi connectivity index (χ1n) is 6.04. The largest absolute Gasteiger partial charge is 0.398 e. The summed E-state index contributed by atoms with van der Waals surface area (Å²) in [6, 6.07) is 10.6. The Morgan fingerprint density at radius 2 is 2.05 bits per heavy atom. The Bertz CT molecular complexity index is 704. The number of hydrogen-bond donors (Lipinski definition) is 2. The van der Waals surface area contributed by atoms with E-state index in [-0.39, 0.29) is 23.8 Å². The van der Waals surface area contributed by atoms with Gasteiger partial charge in [-0.2, -0.15) is 0 Å². The van der Waals surface area contributed by atoms with Gasteiger partial charge in [0.05, 0.1) is 10.5 Å². The molecular formula is C14H12ClN3O3. The van der Waals surface area contributed by atoms with Crippen molar-refractivity contribution in [3.8, 4) is 0 Å². The van der Waals surface area contributed by atoms with Crippen molar-refractivity contribution in [2.75, 3.05) is 5.73 Å². The van der Waals surface area contributed by atoms with E-state index in [2.05, 4.69) is 5.32 Å². The fourth-order valence-corrected chi connectivity index (χ4v) is 1.98. The first-order chi connectivity index (χ1) is 9.97. The first kappa shape index (κ1) is 14.8. The maximum atomic E-state index is 12.0. The van der Waals surface area contributed by atoms with Crippen LogP contribution in [0.3, 0.4) is 0 Å². The second-order valence-electron chi connectivity index (χ2n) is 4.34. The molecule has 0 radical (unpaired) electrons. The maximum absolute atomic E-state index is 12.0. The van der Waals surface area contributed by atoms with Crippen molar-refractivity contribution in [1.82, 2.24) is 5.32 Å². The van der Waals surface area contributed by atoms with Crippen LogP contribution >= 0.6 is 11.6 Å². The smallest absolute Gasteiger partial charge is 0.269 e. The number of rotatable bonds is 4. The highest BCUT2D eigenvalue weighted by atomic mass is 35.5. The van der Waals surface area contributed by atoms with Crippen molar-refractivity contribution in [3.63, 3.8) is 0 Å². The third-order valence-electron chi connectivity index (χ3n) is 2.83. The van der Waals surface area contributed by atoms with Crippen molar-refractivity contribution in [2.45, 2.75) is 6.54 Å². The number of carbonyl (C=O) groups is 1. The van der Waals surface area contributed by atoms with Crippen LogP contribution in [0, 0.1) is 10.1 Å². The van der Waals surface area contributed by atoms with E-state index in [4.69, 9.17) is 17.3 Å². The van der Waals surface area contributed by atoms with Gasteiger partial charge in [-0.3, -0.25) is 14.9 Å². The SMILES string of the molecule is Nc1cc(Cl)ccc1C(=O)NCc1cccc([N+](=O)[O-])c1. The van der Waals surface area contributed by atoms with Crippen molar-refractivity contribution >= 4 is 28.9 Å². The van der Waals surface area contributed by atoms with Crippen LogP contribution in [0.1, 0.15) is 15.9 Å². The van der Waals surface area contributed by atoms with Crippen LogP contribution in [0.4, 0.5) is 11.4 Å². The van der Waals surface area contributed by atoms with Crippen molar-refractivity contribution in [2.24, 2.45) is 0 Å². The van der Waals surface area contributed by atoms with Gasteiger partial charge in [0.25, 0.3) is 11.6 Å². The van der Waals surface area contributed by atoms with Gasteiger partial charge in [0.15, 0.2) is 0 Å². The molecule has 0 aromatic heterocycles. The lowest BCUT2D eigenvalue weighted by Crippen LogP contribution is -2.23. The van der Waals surface area contributed by atoms with Crippen molar-refractivity contribution in [3.05, 3.63) is 68.7 Å². The minimum Gasteiger partial charge on any atom is -0.398 e. The summed E-state index contributed by atoms with van der Waals surface area (Å²) in [5.41, 5.74) is 6.92. The molecule has 1 amide bonds. The molecular weight excluding hydrogens is 294 g/mol. The van der Waals surface area contributed by atoms with Crippen molar-refractivity contribution in [1.29, 1.82) is 0 Å². The fraction of sp³-hybridized carbons (Fsp3) is 0.0714. The molecule has 0 fully saturated rings. The Balaban J connectivity index is 2.07. The highest BCUT2D eigenvalue weighted by molar-refractivity contribution is 6.31. The normalized spacial score (nSPS) is 10.1. The number of hydrogen-bond acceptors (Lipinski definition) is 4. The van der Waals surface area contributed by atoms with Gasteiger partial charge in [-0.05, 0) is 23.8 Å². The summed E-state index contributed by atoms with van der Waals surface area (Å²) < 4.78 is 0. The number of nitro benzene ring substituents is 1. The number of nitrogen functional groups attached to an aromatic ring is 1. The van der Waals surface area contributed by atoms with E-state index in [0.29, 0.717) is 16.1 Å². The lowest BCUT2D eigenvalue weighted by molar-refractivity contribution is -0.384. The van der Waals surface area contributed by atoms with Crippen LogP contribution in [-0.4, -0.2) is 10.8 Å². The Kier molecular flexibility index (Phi) is 4.39. The molecule has 2 aromatic carbocycles. The molecule has 7 heteroatoms. The summed E-state index contributed by atoms with van der Waals surface area (Å²) in [5, 5.41) is 13.8. The molecule has 21 heavy (non-hydrogen) atoms. The van der Waals surface area contributed by atoms with E-state index in [9.17, 15) is 14.9 Å². The Morgan fingerprint density at radius 1 is 1.29 bits per heavy atom. The molecule has 0 heterocycles. The molecule has 0 aliphatic carbocycles. The van der Waals surface area contributed by atoms with E-state index in [1.165, 1.54) is 24.3 Å². The summed E-state index contributed by atoms with van der Waals surface area (Å²) in [7, 11) is 0. The van der Waals surface area contributed by atoms with Gasteiger partial charge in [0.1, 0.15) is 0 Å². The third-order valence-corrected chi connectivity index (χ3v) is 3.07. The number of nitrogens with one attached hydrogen (secondary N) is 1. The predicted octanol–water partition coefficient (Wildman–Crippen LogP) is 2.76. The van der Waals surface area contributed by atoms with E-state index in [1.54, 1.807) is 18.2 Å². The molecule has 0 aliphatic rings. The number of amides is 1. The Labute approximate surface area is 125 Å². The second kappa shape index (κ2) is 6.23. The third kappa shape index (κ3) is 3.70. The molecule has 0 unspecified atom stereocenters. The van der Waals surface area contributed by atoms with E-state index >= 15 is 0 Å². The zero-order valence-corrected chi connectivity index (χ0v) is 11.6. The minimum atomic E-state index is -0.484. The van der Waals surface area contributed by atoms with Gasteiger partial charge >= 0.3 is 0 Å². The molecule has 0 saturated heterocycles. The summed E-state index contributed by atoms with van der Waals surface area (Å²) >= 11 is 5.77. The minimum absolute atomic E-state index is 0.0206. The molecule has 3 N–H and O–H groups in total. The standard InChI is InChI=1S/C14H12ClN3O3/c15-10-4-5-12(13(16)7-10)14(19)17-8-9-2-1-3-11(6-9)18(20)21/h1-7H,8,16H2,(H,17,19). The Morgan fingerprint density at radius 3 is 2.71 bits per heavy atom. The molecule has 108 valence electrons. The van der Waals surface area contributed by atoms with E-state index in [1.807, 2.05) is 0 Å². The average Bonchev–Trinajstić information content (AvgIpc) is 2.45. The lowest BCUT2D eigenvalue weighted by Gasteiger charge is -2.08. The molecule has 0 saturated carbocycles. The zero-order chi connectivity index (χ0) is 15.4. The lowest BCUT2D eigenvalue weighted by atomic mass is 10.1. The number of nitrogens with zero attached hydrogens (tertiary/aromatic N) is 1.